The number of carbonyl (C=O) groups excluding carboxylic acids is 2. The zero-order valence-corrected chi connectivity index (χ0v) is 15.1. The Bertz CT molecular complexity index is 740. The lowest BCUT2D eigenvalue weighted by Crippen LogP contribution is -2.30. The summed E-state index contributed by atoms with van der Waals surface area (Å²) in [7, 11) is 0. The lowest BCUT2D eigenvalue weighted by atomic mass is 10.1. The predicted molar refractivity (Wildman–Crippen MR) is 100 cm³/mol. The zero-order chi connectivity index (χ0) is 18.2. The Labute approximate surface area is 150 Å². The predicted octanol–water partition coefficient (Wildman–Crippen LogP) is 3.49. The molecule has 7 heteroatoms. The Morgan fingerprint density at radius 2 is 2.08 bits per heavy atom. The average Bonchev–Trinajstić information content (AvgIpc) is 3.09. The molecule has 0 fully saturated rings. The highest BCUT2D eigenvalue weighted by Gasteiger charge is 2.21. The lowest BCUT2D eigenvalue weighted by Gasteiger charge is -2.13. The summed E-state index contributed by atoms with van der Waals surface area (Å²) in [6, 6.07) is 7.53. The third-order valence-corrected chi connectivity index (χ3v) is 4.19. The van der Waals surface area contributed by atoms with E-state index in [1.54, 1.807) is 11.5 Å². The maximum absolute atomic E-state index is 12.2. The van der Waals surface area contributed by atoms with Gasteiger partial charge in [-0.15, -0.1) is 17.9 Å². The number of amides is 1. The lowest BCUT2D eigenvalue weighted by molar-refractivity contribution is -0.123. The number of hydrogen-bond donors (Lipinski definition) is 2. The van der Waals surface area contributed by atoms with E-state index in [1.165, 1.54) is 23.8 Å². The molecule has 0 saturated carbocycles. The second kappa shape index (κ2) is 8.98. The van der Waals surface area contributed by atoms with Crippen molar-refractivity contribution >= 4 is 34.0 Å². The van der Waals surface area contributed by atoms with Gasteiger partial charge in [-0.1, -0.05) is 25.1 Å². The van der Waals surface area contributed by atoms with E-state index < -0.39 is 18.0 Å². The standard InChI is InChI=1S/C18H21N3O3S/c1-4-10-19-18-21-15(11-25-18)17(23)24-12(3)16(22)20-14-8-6-13(5-2)7-9-14/h4,6-9,11-12H,1,5,10H2,2-3H3,(H,19,21)(H,20,22). The summed E-state index contributed by atoms with van der Waals surface area (Å²) in [5, 5.41) is 7.90. The normalized spacial score (nSPS) is 11.4. The Hall–Kier alpha value is -2.67. The van der Waals surface area contributed by atoms with Crippen molar-refractivity contribution in [2.24, 2.45) is 0 Å². The van der Waals surface area contributed by atoms with Gasteiger partial charge in [0, 0.05) is 17.6 Å². The Morgan fingerprint density at radius 3 is 2.72 bits per heavy atom. The maximum Gasteiger partial charge on any atom is 0.358 e. The van der Waals surface area contributed by atoms with Crippen molar-refractivity contribution in [2.45, 2.75) is 26.4 Å². The third-order valence-electron chi connectivity index (χ3n) is 3.39. The second-order valence-electron chi connectivity index (χ2n) is 5.29. The molecule has 0 saturated heterocycles. The van der Waals surface area contributed by atoms with Crippen molar-refractivity contribution in [3.05, 3.63) is 53.6 Å². The molecular weight excluding hydrogens is 338 g/mol. The van der Waals surface area contributed by atoms with Gasteiger partial charge < -0.3 is 15.4 Å². The molecule has 132 valence electrons. The number of aryl methyl sites for hydroxylation is 1. The zero-order valence-electron chi connectivity index (χ0n) is 14.2. The molecule has 0 radical (unpaired) electrons. The topological polar surface area (TPSA) is 80.3 Å². The number of nitrogens with zero attached hydrogens (tertiary/aromatic N) is 1. The fraction of sp³-hybridized carbons (Fsp3) is 0.278. The van der Waals surface area contributed by atoms with E-state index in [-0.39, 0.29) is 5.69 Å². The summed E-state index contributed by atoms with van der Waals surface area (Å²) in [5.74, 6) is -1.02. The quantitative estimate of drug-likeness (QED) is 0.557. The highest BCUT2D eigenvalue weighted by molar-refractivity contribution is 7.13. The van der Waals surface area contributed by atoms with Crippen LogP contribution in [0.4, 0.5) is 10.8 Å². The molecule has 25 heavy (non-hydrogen) atoms. The smallest absolute Gasteiger partial charge is 0.358 e. The van der Waals surface area contributed by atoms with Gasteiger partial charge in [0.2, 0.25) is 0 Å². The molecule has 2 N–H and O–H groups in total. The van der Waals surface area contributed by atoms with Gasteiger partial charge >= 0.3 is 5.97 Å². The largest absolute Gasteiger partial charge is 0.448 e. The summed E-state index contributed by atoms with van der Waals surface area (Å²) < 4.78 is 5.18. The summed E-state index contributed by atoms with van der Waals surface area (Å²) in [5.41, 5.74) is 2.01. The number of nitrogens with one attached hydrogen (secondary N) is 2. The summed E-state index contributed by atoms with van der Waals surface area (Å²) in [4.78, 5) is 28.3. The molecule has 0 aliphatic heterocycles. The van der Waals surface area contributed by atoms with Crippen molar-refractivity contribution in [3.8, 4) is 0 Å². The number of hydrogen-bond acceptors (Lipinski definition) is 6. The van der Waals surface area contributed by atoms with E-state index >= 15 is 0 Å². The van der Waals surface area contributed by atoms with E-state index in [0.29, 0.717) is 17.4 Å². The summed E-state index contributed by atoms with van der Waals surface area (Å²) in [6.45, 7) is 7.74. The molecule has 1 heterocycles. The number of benzene rings is 1. The maximum atomic E-state index is 12.2. The number of carbonyl (C=O) groups is 2. The van der Waals surface area contributed by atoms with E-state index in [9.17, 15) is 9.59 Å². The molecule has 2 rings (SSSR count). The van der Waals surface area contributed by atoms with Gasteiger partial charge in [-0.25, -0.2) is 9.78 Å². The molecule has 0 aliphatic carbocycles. The molecule has 1 aromatic heterocycles. The molecule has 1 amide bonds. The minimum atomic E-state index is -0.926. The summed E-state index contributed by atoms with van der Waals surface area (Å²) in [6.07, 6.45) is 1.70. The molecule has 1 unspecified atom stereocenters. The van der Waals surface area contributed by atoms with Gasteiger partial charge in [0.15, 0.2) is 16.9 Å². The Morgan fingerprint density at radius 1 is 1.36 bits per heavy atom. The van der Waals surface area contributed by atoms with Crippen LogP contribution in [0.1, 0.15) is 29.9 Å². The van der Waals surface area contributed by atoms with Crippen LogP contribution >= 0.6 is 11.3 Å². The first kappa shape index (κ1) is 18.7. The van der Waals surface area contributed by atoms with Crippen molar-refractivity contribution in [1.29, 1.82) is 0 Å². The van der Waals surface area contributed by atoms with Gasteiger partial charge in [-0.3, -0.25) is 4.79 Å². The van der Waals surface area contributed by atoms with Crippen LogP contribution in [0.15, 0.2) is 42.3 Å². The SMILES string of the molecule is C=CCNc1nc(C(=O)OC(C)C(=O)Nc2ccc(CC)cc2)cs1. The first-order valence-electron chi connectivity index (χ1n) is 7.94. The molecule has 1 atom stereocenters. The van der Waals surface area contributed by atoms with Gasteiger partial charge in [0.1, 0.15) is 0 Å². The van der Waals surface area contributed by atoms with Crippen LogP contribution in [0.25, 0.3) is 0 Å². The van der Waals surface area contributed by atoms with E-state index in [1.807, 2.05) is 24.3 Å². The molecule has 0 spiro atoms. The number of anilines is 2. The molecule has 2 aromatic rings. The number of rotatable bonds is 8. The molecule has 0 aliphatic rings. The second-order valence-corrected chi connectivity index (χ2v) is 6.15. The third kappa shape index (κ3) is 5.42. The van der Waals surface area contributed by atoms with Crippen molar-refractivity contribution < 1.29 is 14.3 Å². The molecule has 1 aromatic carbocycles. The van der Waals surface area contributed by atoms with Gasteiger partial charge in [-0.2, -0.15) is 0 Å². The molecular formula is C18H21N3O3S. The van der Waals surface area contributed by atoms with Crippen molar-refractivity contribution in [2.75, 3.05) is 17.2 Å². The van der Waals surface area contributed by atoms with Crippen LogP contribution in [0.5, 0.6) is 0 Å². The number of ether oxygens (including phenoxy) is 1. The monoisotopic (exact) mass is 359 g/mol. The van der Waals surface area contributed by atoms with Crippen LogP contribution < -0.4 is 10.6 Å². The molecule has 0 bridgehead atoms. The van der Waals surface area contributed by atoms with E-state index in [4.69, 9.17) is 4.74 Å². The van der Waals surface area contributed by atoms with Gasteiger partial charge in [0.25, 0.3) is 5.91 Å². The fourth-order valence-corrected chi connectivity index (χ4v) is 2.64. The van der Waals surface area contributed by atoms with Crippen LogP contribution in [0.2, 0.25) is 0 Å². The Kier molecular flexibility index (Phi) is 6.71. The van der Waals surface area contributed by atoms with Gasteiger partial charge in [-0.05, 0) is 31.0 Å². The van der Waals surface area contributed by atoms with Crippen LogP contribution in [0.3, 0.4) is 0 Å². The summed E-state index contributed by atoms with van der Waals surface area (Å²) >= 11 is 1.29. The highest BCUT2D eigenvalue weighted by Crippen LogP contribution is 2.17. The van der Waals surface area contributed by atoms with E-state index in [0.717, 1.165) is 6.42 Å². The van der Waals surface area contributed by atoms with Crippen LogP contribution in [-0.4, -0.2) is 29.5 Å². The Balaban J connectivity index is 1.89. The highest BCUT2D eigenvalue weighted by atomic mass is 32.1. The van der Waals surface area contributed by atoms with Crippen molar-refractivity contribution in [3.63, 3.8) is 0 Å². The average molecular weight is 359 g/mol. The van der Waals surface area contributed by atoms with Crippen LogP contribution in [0, 0.1) is 0 Å². The first-order valence-corrected chi connectivity index (χ1v) is 8.82. The van der Waals surface area contributed by atoms with E-state index in [2.05, 4.69) is 29.1 Å². The van der Waals surface area contributed by atoms with Gasteiger partial charge in [0.05, 0.1) is 0 Å². The number of aromatic nitrogens is 1. The number of esters is 1. The first-order chi connectivity index (χ1) is 12.0. The number of thiazole rings is 1. The van der Waals surface area contributed by atoms with Crippen molar-refractivity contribution in [1.82, 2.24) is 4.98 Å². The molecule has 6 nitrogen and oxygen atoms in total. The minimum Gasteiger partial charge on any atom is -0.448 e. The minimum absolute atomic E-state index is 0.170. The van der Waals surface area contributed by atoms with Crippen LogP contribution in [-0.2, 0) is 16.0 Å². The fourth-order valence-electron chi connectivity index (χ4n) is 1.95.